The van der Waals surface area contributed by atoms with E-state index in [-0.39, 0.29) is 11.9 Å². The minimum atomic E-state index is -0.735. The summed E-state index contributed by atoms with van der Waals surface area (Å²) in [6.07, 6.45) is 6.00. The van der Waals surface area contributed by atoms with Crippen LogP contribution in [0.25, 0.3) is 0 Å². The first-order valence-corrected chi connectivity index (χ1v) is 10.5. The number of amides is 1. The van der Waals surface area contributed by atoms with Crippen molar-refractivity contribution < 1.29 is 19.1 Å². The van der Waals surface area contributed by atoms with Crippen molar-refractivity contribution in [2.45, 2.75) is 46.1 Å². The number of hydrogen-bond donors (Lipinski definition) is 0. The Hall–Kier alpha value is -2.83. The summed E-state index contributed by atoms with van der Waals surface area (Å²) in [5.74, 6) is 1.48. The van der Waals surface area contributed by atoms with Gasteiger partial charge >= 0.3 is 5.97 Å². The second kappa shape index (κ2) is 9.78. The zero-order chi connectivity index (χ0) is 21.6. The van der Waals surface area contributed by atoms with Crippen molar-refractivity contribution in [2.75, 3.05) is 26.8 Å². The van der Waals surface area contributed by atoms with Gasteiger partial charge in [0, 0.05) is 38.4 Å². The Balaban J connectivity index is 1.75. The SMILES string of the molecule is CCOC(=O)[C@@]1(Cc2cccc(OC)c2)CCCN(C(=O)CCn2ccnc2C)C1. The molecular formula is C23H31N3O4. The van der Waals surface area contributed by atoms with Crippen molar-refractivity contribution in [3.63, 3.8) is 0 Å². The number of rotatable bonds is 8. The van der Waals surface area contributed by atoms with E-state index in [1.165, 1.54) is 0 Å². The van der Waals surface area contributed by atoms with Gasteiger partial charge in [-0.3, -0.25) is 9.59 Å². The van der Waals surface area contributed by atoms with Crippen molar-refractivity contribution in [1.29, 1.82) is 0 Å². The molecule has 0 spiro atoms. The van der Waals surface area contributed by atoms with Crippen molar-refractivity contribution in [3.05, 3.63) is 48.0 Å². The lowest BCUT2D eigenvalue weighted by atomic mass is 9.75. The maximum atomic E-state index is 13.0. The summed E-state index contributed by atoms with van der Waals surface area (Å²) in [4.78, 5) is 32.0. The van der Waals surface area contributed by atoms with E-state index in [1.54, 1.807) is 13.3 Å². The highest BCUT2D eigenvalue weighted by molar-refractivity contribution is 5.81. The van der Waals surface area contributed by atoms with E-state index in [0.717, 1.165) is 23.6 Å². The van der Waals surface area contributed by atoms with Gasteiger partial charge in [0.25, 0.3) is 0 Å². The number of methoxy groups -OCH3 is 1. The average molecular weight is 414 g/mol. The molecule has 1 fully saturated rings. The smallest absolute Gasteiger partial charge is 0.314 e. The fourth-order valence-corrected chi connectivity index (χ4v) is 4.20. The number of likely N-dealkylation sites (tertiary alicyclic amines) is 1. The normalized spacial score (nSPS) is 18.8. The summed E-state index contributed by atoms with van der Waals surface area (Å²) in [5.41, 5.74) is 0.270. The molecule has 162 valence electrons. The Morgan fingerprint density at radius 2 is 2.13 bits per heavy atom. The van der Waals surface area contributed by atoms with Crippen LogP contribution in [-0.4, -0.2) is 53.1 Å². The van der Waals surface area contributed by atoms with Gasteiger partial charge in [0.2, 0.25) is 5.91 Å². The molecule has 0 N–H and O–H groups in total. The molecule has 0 unspecified atom stereocenters. The Morgan fingerprint density at radius 3 is 2.83 bits per heavy atom. The van der Waals surface area contributed by atoms with Crippen molar-refractivity contribution in [3.8, 4) is 5.75 Å². The fourth-order valence-electron chi connectivity index (χ4n) is 4.20. The van der Waals surface area contributed by atoms with Gasteiger partial charge in [0.1, 0.15) is 11.6 Å². The van der Waals surface area contributed by atoms with Crippen LogP contribution in [0.5, 0.6) is 5.75 Å². The first-order chi connectivity index (χ1) is 14.5. The van der Waals surface area contributed by atoms with Crippen LogP contribution in [0.3, 0.4) is 0 Å². The summed E-state index contributed by atoms with van der Waals surface area (Å²) in [7, 11) is 1.63. The highest BCUT2D eigenvalue weighted by Gasteiger charge is 2.44. The number of aryl methyl sites for hydroxylation is 2. The summed E-state index contributed by atoms with van der Waals surface area (Å²) in [6, 6.07) is 7.75. The number of hydrogen-bond acceptors (Lipinski definition) is 5. The van der Waals surface area contributed by atoms with Crippen molar-refractivity contribution >= 4 is 11.9 Å². The van der Waals surface area contributed by atoms with Crippen LogP contribution >= 0.6 is 0 Å². The van der Waals surface area contributed by atoms with Gasteiger partial charge in [-0.25, -0.2) is 4.98 Å². The zero-order valence-corrected chi connectivity index (χ0v) is 18.1. The number of carbonyl (C=O) groups excluding carboxylic acids is 2. The molecule has 7 nitrogen and oxygen atoms in total. The number of carbonyl (C=O) groups is 2. The Morgan fingerprint density at radius 1 is 1.30 bits per heavy atom. The molecule has 2 heterocycles. The zero-order valence-electron chi connectivity index (χ0n) is 18.1. The van der Waals surface area contributed by atoms with E-state index in [4.69, 9.17) is 9.47 Å². The molecule has 1 aliphatic heterocycles. The number of imidazole rings is 1. The lowest BCUT2D eigenvalue weighted by molar-refractivity contribution is -0.160. The number of benzene rings is 1. The number of aromatic nitrogens is 2. The number of piperidine rings is 1. The third-order valence-electron chi connectivity index (χ3n) is 5.80. The van der Waals surface area contributed by atoms with Gasteiger partial charge in [-0.2, -0.15) is 0 Å². The standard InChI is InChI=1S/C23H31N3O4/c1-4-30-22(28)23(16-19-7-5-8-20(15-19)29-3)10-6-12-26(17-23)21(27)9-13-25-14-11-24-18(25)2/h5,7-8,11,14-15H,4,6,9-10,12-13,16-17H2,1-3H3/t23-/m1/s1. The van der Waals surface area contributed by atoms with Gasteiger partial charge in [0.15, 0.2) is 0 Å². The van der Waals surface area contributed by atoms with E-state index in [9.17, 15) is 9.59 Å². The van der Waals surface area contributed by atoms with Crippen LogP contribution in [-0.2, 0) is 27.3 Å². The molecule has 1 aliphatic rings. The van der Waals surface area contributed by atoms with E-state index in [2.05, 4.69) is 4.98 Å². The predicted molar refractivity (Wildman–Crippen MR) is 113 cm³/mol. The minimum absolute atomic E-state index is 0.0575. The second-order valence-electron chi connectivity index (χ2n) is 7.87. The molecule has 2 aromatic rings. The number of nitrogens with zero attached hydrogens (tertiary/aromatic N) is 3. The Kier molecular flexibility index (Phi) is 7.13. The van der Waals surface area contributed by atoms with Crippen LogP contribution in [0.2, 0.25) is 0 Å². The largest absolute Gasteiger partial charge is 0.497 e. The lowest BCUT2D eigenvalue weighted by Gasteiger charge is -2.41. The van der Waals surface area contributed by atoms with Crippen LogP contribution < -0.4 is 4.74 Å². The monoisotopic (exact) mass is 413 g/mol. The fraction of sp³-hybridized carbons (Fsp3) is 0.522. The summed E-state index contributed by atoms with van der Waals surface area (Å²) < 4.78 is 12.8. The molecule has 0 aliphatic carbocycles. The van der Waals surface area contributed by atoms with Gasteiger partial charge in [-0.1, -0.05) is 12.1 Å². The van der Waals surface area contributed by atoms with E-state index >= 15 is 0 Å². The van der Waals surface area contributed by atoms with E-state index in [0.29, 0.717) is 45.5 Å². The summed E-state index contributed by atoms with van der Waals surface area (Å²) in [6.45, 7) is 5.70. The molecule has 1 amide bonds. The second-order valence-corrected chi connectivity index (χ2v) is 7.87. The van der Waals surface area contributed by atoms with Crippen molar-refractivity contribution in [2.24, 2.45) is 5.41 Å². The Bertz CT molecular complexity index is 879. The molecule has 1 saturated heterocycles. The van der Waals surface area contributed by atoms with Gasteiger partial charge in [-0.15, -0.1) is 0 Å². The van der Waals surface area contributed by atoms with Crippen LogP contribution in [0, 0.1) is 12.3 Å². The van der Waals surface area contributed by atoms with E-state index < -0.39 is 5.41 Å². The lowest BCUT2D eigenvalue weighted by Crippen LogP contribution is -2.51. The first kappa shape index (κ1) is 21.9. The molecule has 1 aromatic carbocycles. The highest BCUT2D eigenvalue weighted by atomic mass is 16.5. The van der Waals surface area contributed by atoms with Gasteiger partial charge in [-0.05, 0) is 50.8 Å². The highest BCUT2D eigenvalue weighted by Crippen LogP contribution is 2.36. The van der Waals surface area contributed by atoms with Crippen molar-refractivity contribution in [1.82, 2.24) is 14.5 Å². The van der Waals surface area contributed by atoms with Crippen LogP contribution in [0.15, 0.2) is 36.7 Å². The Labute approximate surface area is 178 Å². The third-order valence-corrected chi connectivity index (χ3v) is 5.80. The van der Waals surface area contributed by atoms with Gasteiger partial charge < -0.3 is 18.9 Å². The molecule has 0 radical (unpaired) electrons. The molecule has 3 rings (SSSR count). The number of ether oxygens (including phenoxy) is 2. The third kappa shape index (κ3) is 5.01. The topological polar surface area (TPSA) is 73.7 Å². The average Bonchev–Trinajstić information content (AvgIpc) is 3.17. The molecular weight excluding hydrogens is 382 g/mol. The quantitative estimate of drug-likeness (QED) is 0.622. The maximum absolute atomic E-state index is 13.0. The van der Waals surface area contributed by atoms with Crippen LogP contribution in [0.4, 0.5) is 0 Å². The molecule has 1 aromatic heterocycles. The van der Waals surface area contributed by atoms with Crippen LogP contribution in [0.1, 0.15) is 37.6 Å². The molecule has 7 heteroatoms. The summed E-state index contributed by atoms with van der Waals surface area (Å²) in [5, 5.41) is 0. The molecule has 30 heavy (non-hydrogen) atoms. The molecule has 0 bridgehead atoms. The van der Waals surface area contributed by atoms with Gasteiger partial charge in [0.05, 0.1) is 19.1 Å². The predicted octanol–water partition coefficient (Wildman–Crippen LogP) is 3.00. The summed E-state index contributed by atoms with van der Waals surface area (Å²) >= 11 is 0. The minimum Gasteiger partial charge on any atom is -0.497 e. The maximum Gasteiger partial charge on any atom is 0.314 e. The van der Waals surface area contributed by atoms with E-state index in [1.807, 2.05) is 53.8 Å². The molecule has 1 atom stereocenters. The first-order valence-electron chi connectivity index (χ1n) is 10.5. The molecule has 0 saturated carbocycles. The number of esters is 1.